The van der Waals surface area contributed by atoms with E-state index in [0.29, 0.717) is 17.2 Å². The number of rotatable bonds is 1. The van der Waals surface area contributed by atoms with E-state index in [1.807, 2.05) is 18.2 Å². The number of halogens is 2. The molecule has 0 saturated heterocycles. The van der Waals surface area contributed by atoms with Gasteiger partial charge >= 0.3 is 0 Å². The summed E-state index contributed by atoms with van der Waals surface area (Å²) in [6.45, 7) is 0. The van der Waals surface area contributed by atoms with Crippen LogP contribution in [-0.2, 0) is 4.79 Å². The fourth-order valence-corrected chi connectivity index (χ4v) is 2.66. The number of benzene rings is 1. The van der Waals surface area contributed by atoms with E-state index in [1.54, 1.807) is 0 Å². The minimum Gasteiger partial charge on any atom is -0.299 e. The van der Waals surface area contributed by atoms with Gasteiger partial charge in [0.1, 0.15) is 5.78 Å². The Bertz CT molecular complexity index is 376. The standard InChI is InChI=1S/C11H10BrClO/c12-11-8(4-1-5-9(11)13)7-3-2-6-10(7)14/h1,4-5,7H,2-3,6H2. The molecule has 1 nitrogen and oxygen atoms in total. The van der Waals surface area contributed by atoms with Crippen LogP contribution >= 0.6 is 27.5 Å². The molecule has 0 bridgehead atoms. The smallest absolute Gasteiger partial charge is 0.140 e. The lowest BCUT2D eigenvalue weighted by Crippen LogP contribution is -2.04. The van der Waals surface area contributed by atoms with Crippen molar-refractivity contribution in [2.45, 2.75) is 25.2 Å². The topological polar surface area (TPSA) is 17.1 Å². The Balaban J connectivity index is 2.41. The van der Waals surface area contributed by atoms with Crippen LogP contribution in [0.25, 0.3) is 0 Å². The molecule has 1 aliphatic rings. The molecule has 1 atom stereocenters. The Morgan fingerprint density at radius 2 is 2.21 bits per heavy atom. The van der Waals surface area contributed by atoms with E-state index < -0.39 is 0 Å². The molecular weight excluding hydrogens is 263 g/mol. The lowest BCUT2D eigenvalue weighted by molar-refractivity contribution is -0.118. The van der Waals surface area contributed by atoms with Crippen molar-refractivity contribution < 1.29 is 4.79 Å². The molecule has 0 aromatic heterocycles. The van der Waals surface area contributed by atoms with Gasteiger partial charge in [-0.3, -0.25) is 4.79 Å². The predicted octanol–water partition coefficient (Wildman–Crippen LogP) is 3.94. The van der Waals surface area contributed by atoms with Crippen molar-refractivity contribution in [2.24, 2.45) is 0 Å². The van der Waals surface area contributed by atoms with Crippen LogP contribution < -0.4 is 0 Å². The molecule has 0 N–H and O–H groups in total. The number of carbonyl (C=O) groups excluding carboxylic acids is 1. The van der Waals surface area contributed by atoms with Crippen molar-refractivity contribution in [2.75, 3.05) is 0 Å². The van der Waals surface area contributed by atoms with Gasteiger partial charge in [0.15, 0.2) is 0 Å². The first-order valence-corrected chi connectivity index (χ1v) is 5.84. The van der Waals surface area contributed by atoms with Crippen LogP contribution in [0.4, 0.5) is 0 Å². The number of hydrogen-bond donors (Lipinski definition) is 0. The fourth-order valence-electron chi connectivity index (χ4n) is 1.93. The van der Waals surface area contributed by atoms with E-state index in [9.17, 15) is 4.79 Å². The summed E-state index contributed by atoms with van der Waals surface area (Å²) in [7, 11) is 0. The van der Waals surface area contributed by atoms with Gasteiger partial charge in [-0.1, -0.05) is 23.7 Å². The van der Waals surface area contributed by atoms with E-state index in [4.69, 9.17) is 11.6 Å². The van der Waals surface area contributed by atoms with E-state index in [0.717, 1.165) is 22.9 Å². The van der Waals surface area contributed by atoms with Crippen molar-refractivity contribution in [3.05, 3.63) is 33.3 Å². The third-order valence-corrected chi connectivity index (χ3v) is 4.09. The number of Topliss-reactive ketones (excluding diaryl/α,β-unsaturated/α-hetero) is 1. The third-order valence-electron chi connectivity index (χ3n) is 2.66. The van der Waals surface area contributed by atoms with E-state index in [1.165, 1.54) is 0 Å². The Morgan fingerprint density at radius 3 is 2.86 bits per heavy atom. The summed E-state index contributed by atoms with van der Waals surface area (Å²) >= 11 is 9.42. The summed E-state index contributed by atoms with van der Waals surface area (Å²) in [5.74, 6) is 0.399. The molecule has 0 heterocycles. The second-order valence-electron chi connectivity index (χ2n) is 3.55. The SMILES string of the molecule is O=C1CCCC1c1cccc(Cl)c1Br. The maximum atomic E-state index is 11.6. The zero-order valence-corrected chi connectivity index (χ0v) is 9.94. The molecule has 0 amide bonds. The lowest BCUT2D eigenvalue weighted by Gasteiger charge is -2.11. The minimum absolute atomic E-state index is 0.0584. The Labute approximate surface area is 96.6 Å². The first-order valence-electron chi connectivity index (χ1n) is 4.67. The summed E-state index contributed by atoms with van der Waals surface area (Å²) in [5, 5.41) is 0.683. The van der Waals surface area contributed by atoms with Crippen LogP contribution in [-0.4, -0.2) is 5.78 Å². The highest BCUT2D eigenvalue weighted by Gasteiger charge is 2.27. The molecule has 0 radical (unpaired) electrons. The van der Waals surface area contributed by atoms with Gasteiger partial charge in [-0.2, -0.15) is 0 Å². The van der Waals surface area contributed by atoms with Crippen LogP contribution in [0.1, 0.15) is 30.7 Å². The first kappa shape index (κ1) is 10.2. The van der Waals surface area contributed by atoms with Crippen LogP contribution in [0, 0.1) is 0 Å². The second kappa shape index (κ2) is 4.03. The molecule has 1 aromatic carbocycles. The normalized spacial score (nSPS) is 21.6. The summed E-state index contributed by atoms with van der Waals surface area (Å²) in [4.78, 5) is 11.6. The summed E-state index contributed by atoms with van der Waals surface area (Å²) < 4.78 is 0.877. The highest BCUT2D eigenvalue weighted by molar-refractivity contribution is 9.10. The second-order valence-corrected chi connectivity index (χ2v) is 4.75. The van der Waals surface area contributed by atoms with Gasteiger partial charge in [-0.25, -0.2) is 0 Å². The highest BCUT2D eigenvalue weighted by Crippen LogP contribution is 2.37. The Hall–Kier alpha value is -0.340. The zero-order chi connectivity index (χ0) is 10.1. The average molecular weight is 274 g/mol. The third kappa shape index (κ3) is 1.73. The molecule has 0 aliphatic heterocycles. The molecule has 1 saturated carbocycles. The van der Waals surface area contributed by atoms with Gasteiger partial charge in [-0.15, -0.1) is 0 Å². The van der Waals surface area contributed by atoms with E-state index in [-0.39, 0.29) is 5.92 Å². The van der Waals surface area contributed by atoms with Crippen molar-refractivity contribution in [1.29, 1.82) is 0 Å². The molecule has 2 rings (SSSR count). The molecule has 14 heavy (non-hydrogen) atoms. The molecule has 1 unspecified atom stereocenters. The zero-order valence-electron chi connectivity index (χ0n) is 7.59. The first-order chi connectivity index (χ1) is 6.70. The Morgan fingerprint density at radius 1 is 1.43 bits per heavy atom. The lowest BCUT2D eigenvalue weighted by atomic mass is 9.97. The van der Waals surface area contributed by atoms with Gasteiger partial charge in [0, 0.05) is 16.8 Å². The number of carbonyl (C=O) groups is 1. The van der Waals surface area contributed by atoms with Crippen molar-refractivity contribution in [3.63, 3.8) is 0 Å². The molecule has 1 aliphatic carbocycles. The van der Waals surface area contributed by atoms with E-state index >= 15 is 0 Å². The molecule has 74 valence electrons. The van der Waals surface area contributed by atoms with Crippen LogP contribution in [0.3, 0.4) is 0 Å². The van der Waals surface area contributed by atoms with Crippen molar-refractivity contribution >= 4 is 33.3 Å². The predicted molar refractivity (Wildman–Crippen MR) is 60.8 cm³/mol. The van der Waals surface area contributed by atoms with Crippen LogP contribution in [0.2, 0.25) is 5.02 Å². The van der Waals surface area contributed by atoms with Gasteiger partial charge in [0.25, 0.3) is 0 Å². The molecule has 3 heteroatoms. The Kier molecular flexibility index (Phi) is 2.93. The fraction of sp³-hybridized carbons (Fsp3) is 0.364. The maximum Gasteiger partial charge on any atom is 0.140 e. The molecule has 1 aromatic rings. The monoisotopic (exact) mass is 272 g/mol. The van der Waals surface area contributed by atoms with Gasteiger partial charge in [0.2, 0.25) is 0 Å². The molecule has 1 fully saturated rings. The average Bonchev–Trinajstić information content (AvgIpc) is 2.57. The minimum atomic E-state index is 0.0584. The number of ketones is 1. The summed E-state index contributed by atoms with van der Waals surface area (Å²) in [6.07, 6.45) is 2.67. The number of hydrogen-bond acceptors (Lipinski definition) is 1. The molecular formula is C11H10BrClO. The van der Waals surface area contributed by atoms with Crippen molar-refractivity contribution in [1.82, 2.24) is 0 Å². The maximum absolute atomic E-state index is 11.6. The quantitative estimate of drug-likeness (QED) is 0.757. The van der Waals surface area contributed by atoms with Gasteiger partial charge in [-0.05, 0) is 40.4 Å². The largest absolute Gasteiger partial charge is 0.299 e. The van der Waals surface area contributed by atoms with Crippen molar-refractivity contribution in [3.8, 4) is 0 Å². The summed E-state index contributed by atoms with van der Waals surface area (Å²) in [6, 6.07) is 5.70. The van der Waals surface area contributed by atoms with Gasteiger partial charge < -0.3 is 0 Å². The highest BCUT2D eigenvalue weighted by atomic mass is 79.9. The van der Waals surface area contributed by atoms with Gasteiger partial charge in [0.05, 0.1) is 5.02 Å². The molecule has 0 spiro atoms. The van der Waals surface area contributed by atoms with Crippen LogP contribution in [0.15, 0.2) is 22.7 Å². The summed E-state index contributed by atoms with van der Waals surface area (Å²) in [5.41, 5.74) is 1.04. The van der Waals surface area contributed by atoms with E-state index in [2.05, 4.69) is 15.9 Å². The van der Waals surface area contributed by atoms with Crippen LogP contribution in [0.5, 0.6) is 0 Å².